The second-order valence-corrected chi connectivity index (χ2v) is 5.72. The first-order chi connectivity index (χ1) is 12.0. The van der Waals surface area contributed by atoms with Crippen LogP contribution >= 0.6 is 11.8 Å². The van der Waals surface area contributed by atoms with Crippen molar-refractivity contribution < 1.29 is 33.3 Å². The van der Waals surface area contributed by atoms with Gasteiger partial charge >= 0.3 is 5.97 Å². The first-order valence-electron chi connectivity index (χ1n) is 7.27. The van der Waals surface area contributed by atoms with Gasteiger partial charge in [0.15, 0.2) is 18.1 Å². The highest BCUT2D eigenvalue weighted by atomic mass is 32.2. The van der Waals surface area contributed by atoms with Gasteiger partial charge in [-0.2, -0.15) is 0 Å². The fourth-order valence-electron chi connectivity index (χ4n) is 2.03. The zero-order valence-corrected chi connectivity index (χ0v) is 14.7. The van der Waals surface area contributed by atoms with Gasteiger partial charge in [-0.05, 0) is 42.5 Å². The van der Waals surface area contributed by atoms with E-state index in [0.29, 0.717) is 17.1 Å². The topological polar surface area (TPSA) is 100 Å². The molecule has 0 unspecified atom stereocenters. The van der Waals surface area contributed by atoms with E-state index in [-0.39, 0.29) is 23.9 Å². The molecule has 1 aliphatic rings. The number of thioether (sulfide) groups is 1. The van der Waals surface area contributed by atoms with Gasteiger partial charge in [0, 0.05) is 0 Å². The molecular weight excluding hydrogens is 350 g/mol. The molecular formula is C16H17NO7S. The van der Waals surface area contributed by atoms with Crippen molar-refractivity contribution >= 4 is 35.0 Å². The predicted molar refractivity (Wildman–Crippen MR) is 90.8 cm³/mol. The molecule has 2 rings (SSSR count). The molecule has 1 fully saturated rings. The average Bonchev–Trinajstić information content (AvgIpc) is 2.90. The minimum Gasteiger partial charge on any atom is -0.493 e. The molecule has 0 atom stereocenters. The first-order valence-corrected chi connectivity index (χ1v) is 8.09. The first kappa shape index (κ1) is 18.7. The van der Waals surface area contributed by atoms with Crippen molar-refractivity contribution in [3.63, 3.8) is 0 Å². The van der Waals surface area contributed by atoms with Crippen molar-refractivity contribution in [1.29, 1.82) is 0 Å². The zero-order valence-electron chi connectivity index (χ0n) is 13.9. The Kier molecular flexibility index (Phi) is 6.29. The third-order valence-electron chi connectivity index (χ3n) is 3.06. The maximum atomic E-state index is 11.6. The van der Waals surface area contributed by atoms with E-state index in [1.165, 1.54) is 20.3 Å². The second kappa shape index (κ2) is 8.43. The fourth-order valence-corrected chi connectivity index (χ4v) is 2.71. The summed E-state index contributed by atoms with van der Waals surface area (Å²) < 4.78 is 20.8. The molecule has 0 radical (unpaired) electrons. The molecule has 1 aromatic carbocycles. The third-order valence-corrected chi connectivity index (χ3v) is 3.87. The molecule has 0 bridgehead atoms. The Hall–Kier alpha value is -2.68. The maximum Gasteiger partial charge on any atom is 0.344 e. The number of carbonyl (C=O) groups excluding carboxylic acids is 3. The lowest BCUT2D eigenvalue weighted by Gasteiger charge is -2.15. The number of benzene rings is 1. The van der Waals surface area contributed by atoms with E-state index in [0.717, 1.165) is 11.8 Å². The van der Waals surface area contributed by atoms with Crippen LogP contribution in [0.25, 0.3) is 6.08 Å². The van der Waals surface area contributed by atoms with Crippen molar-refractivity contribution in [3.05, 3.63) is 22.6 Å². The largest absolute Gasteiger partial charge is 0.493 e. The summed E-state index contributed by atoms with van der Waals surface area (Å²) in [7, 11) is 2.87. The maximum absolute atomic E-state index is 11.6. The summed E-state index contributed by atoms with van der Waals surface area (Å²) in [5.41, 5.74) is 0.574. The number of rotatable bonds is 7. The Morgan fingerprint density at radius 2 is 1.84 bits per heavy atom. The number of nitrogens with one attached hydrogen (secondary N) is 1. The van der Waals surface area contributed by atoms with Gasteiger partial charge in [-0.25, -0.2) is 4.79 Å². The van der Waals surface area contributed by atoms with Crippen LogP contribution in [-0.2, 0) is 14.3 Å². The number of ether oxygens (including phenoxy) is 4. The summed E-state index contributed by atoms with van der Waals surface area (Å²) in [6.45, 7) is 1.65. The minimum atomic E-state index is -0.518. The molecule has 9 heteroatoms. The van der Waals surface area contributed by atoms with Crippen molar-refractivity contribution in [1.82, 2.24) is 5.32 Å². The predicted octanol–water partition coefficient (Wildman–Crippen LogP) is 1.97. The highest BCUT2D eigenvalue weighted by Gasteiger charge is 2.25. The van der Waals surface area contributed by atoms with E-state index in [1.54, 1.807) is 19.1 Å². The summed E-state index contributed by atoms with van der Waals surface area (Å²) in [6.07, 6.45) is 1.53. The molecule has 0 aliphatic carbocycles. The normalized spacial score (nSPS) is 15.1. The van der Waals surface area contributed by atoms with Crippen LogP contribution in [0.1, 0.15) is 12.5 Å². The number of imide groups is 1. The Morgan fingerprint density at radius 3 is 2.32 bits per heavy atom. The monoisotopic (exact) mass is 367 g/mol. The summed E-state index contributed by atoms with van der Waals surface area (Å²) >= 11 is 0.807. The van der Waals surface area contributed by atoms with Gasteiger partial charge in [-0.1, -0.05) is 0 Å². The Labute approximate surface area is 148 Å². The molecule has 2 amide bonds. The van der Waals surface area contributed by atoms with Crippen molar-refractivity contribution in [2.75, 3.05) is 27.4 Å². The SMILES string of the molecule is CCOC(=O)COc1c(OC)cc(/C=C2\SC(=O)NC2=O)cc1OC. The summed E-state index contributed by atoms with van der Waals surface area (Å²) in [4.78, 5) is 34.6. The van der Waals surface area contributed by atoms with Gasteiger partial charge in [0.2, 0.25) is 5.75 Å². The highest BCUT2D eigenvalue weighted by molar-refractivity contribution is 8.18. The van der Waals surface area contributed by atoms with Crippen LogP contribution in [-0.4, -0.2) is 44.5 Å². The van der Waals surface area contributed by atoms with E-state index in [1.807, 2.05) is 0 Å². The van der Waals surface area contributed by atoms with Crippen LogP contribution in [0, 0.1) is 0 Å². The smallest absolute Gasteiger partial charge is 0.344 e. The lowest BCUT2D eigenvalue weighted by molar-refractivity contribution is -0.145. The number of hydrogen-bond acceptors (Lipinski definition) is 8. The van der Waals surface area contributed by atoms with Crippen LogP contribution in [0.2, 0.25) is 0 Å². The molecule has 1 heterocycles. The second-order valence-electron chi connectivity index (χ2n) is 4.70. The molecule has 0 saturated carbocycles. The van der Waals surface area contributed by atoms with Gasteiger partial charge < -0.3 is 18.9 Å². The summed E-state index contributed by atoms with van der Waals surface area (Å²) in [5.74, 6) is -0.124. The molecule has 0 spiro atoms. The van der Waals surface area contributed by atoms with Crippen molar-refractivity contribution in [3.8, 4) is 17.2 Å². The van der Waals surface area contributed by atoms with Crippen LogP contribution in [0.15, 0.2) is 17.0 Å². The van der Waals surface area contributed by atoms with E-state index in [4.69, 9.17) is 18.9 Å². The summed E-state index contributed by atoms with van der Waals surface area (Å²) in [5, 5.41) is 1.75. The van der Waals surface area contributed by atoms with E-state index in [2.05, 4.69) is 5.32 Å². The van der Waals surface area contributed by atoms with E-state index in [9.17, 15) is 14.4 Å². The number of methoxy groups -OCH3 is 2. The molecule has 25 heavy (non-hydrogen) atoms. The average molecular weight is 367 g/mol. The van der Waals surface area contributed by atoms with Crippen LogP contribution in [0.3, 0.4) is 0 Å². The third kappa shape index (κ3) is 4.66. The van der Waals surface area contributed by atoms with Gasteiger partial charge in [0.1, 0.15) is 0 Å². The molecule has 134 valence electrons. The van der Waals surface area contributed by atoms with Gasteiger partial charge in [-0.3, -0.25) is 14.9 Å². The number of hydrogen-bond donors (Lipinski definition) is 1. The molecule has 1 N–H and O–H groups in total. The Morgan fingerprint density at radius 1 is 1.20 bits per heavy atom. The lowest BCUT2D eigenvalue weighted by Crippen LogP contribution is -2.17. The number of esters is 1. The molecule has 1 saturated heterocycles. The Bertz CT molecular complexity index is 704. The van der Waals surface area contributed by atoms with E-state index < -0.39 is 17.1 Å². The lowest BCUT2D eigenvalue weighted by atomic mass is 10.1. The number of carbonyl (C=O) groups is 3. The van der Waals surface area contributed by atoms with Crippen LogP contribution in [0.5, 0.6) is 17.2 Å². The van der Waals surface area contributed by atoms with Crippen LogP contribution in [0.4, 0.5) is 4.79 Å². The zero-order chi connectivity index (χ0) is 18.4. The standard InChI is InChI=1S/C16H17NO7S/c1-4-23-13(18)8-24-14-10(21-2)5-9(6-11(14)22-3)7-12-15(19)17-16(20)25-12/h5-7H,4,8H2,1-3H3,(H,17,19,20)/b12-7-. The van der Waals surface area contributed by atoms with Crippen LogP contribution < -0.4 is 19.5 Å². The molecule has 8 nitrogen and oxygen atoms in total. The van der Waals surface area contributed by atoms with Crippen molar-refractivity contribution in [2.45, 2.75) is 6.92 Å². The van der Waals surface area contributed by atoms with Gasteiger partial charge in [0.05, 0.1) is 25.7 Å². The molecule has 1 aromatic rings. The molecule has 1 aliphatic heterocycles. The highest BCUT2D eigenvalue weighted by Crippen LogP contribution is 2.39. The Balaban J connectivity index is 2.30. The van der Waals surface area contributed by atoms with Gasteiger partial charge in [-0.15, -0.1) is 0 Å². The van der Waals surface area contributed by atoms with Crippen molar-refractivity contribution in [2.24, 2.45) is 0 Å². The van der Waals surface area contributed by atoms with Gasteiger partial charge in [0.25, 0.3) is 11.1 Å². The molecule has 0 aromatic heterocycles. The quantitative estimate of drug-likeness (QED) is 0.577. The summed E-state index contributed by atoms with van der Waals surface area (Å²) in [6, 6.07) is 3.21. The minimum absolute atomic E-state index is 0.236. The number of amides is 2. The van der Waals surface area contributed by atoms with E-state index >= 15 is 0 Å². The fraction of sp³-hybridized carbons (Fsp3) is 0.312.